The van der Waals surface area contributed by atoms with Crippen LogP contribution in [0.5, 0.6) is 0 Å². The minimum Gasteiger partial charge on any atom is -0.394 e. The Morgan fingerprint density at radius 2 is 0.721 bits per heavy atom. The molecule has 0 rings (SSSR count). The third-order valence-electron chi connectivity index (χ3n) is 12.0. The summed E-state index contributed by atoms with van der Waals surface area (Å²) in [5, 5.41) is 23.3. The van der Waals surface area contributed by atoms with Crippen LogP contribution in [-0.2, 0) is 4.79 Å². The fraction of sp³-hybridized carbons (Fsp3) is 0.772. The maximum absolute atomic E-state index is 12.5. The SMILES string of the molecule is CC/C=C\C/C=C\C/C=C\C/C=C\C/C=C\C/C=C\CCCCCCC(=O)NC(CO)C(O)CCCCCCCCCCCCCCCCCCCCCCCCCCCC. The van der Waals surface area contributed by atoms with Gasteiger partial charge in [-0.1, -0.05) is 267 Å². The Kier molecular flexibility index (Phi) is 50.3. The van der Waals surface area contributed by atoms with Crippen molar-refractivity contribution in [1.29, 1.82) is 0 Å². The Hall–Kier alpha value is -2.17. The van der Waals surface area contributed by atoms with Crippen molar-refractivity contribution >= 4 is 5.91 Å². The van der Waals surface area contributed by atoms with E-state index in [2.05, 4.69) is 92.1 Å². The molecular formula is C57H103NO3. The Labute approximate surface area is 380 Å². The van der Waals surface area contributed by atoms with Crippen LogP contribution in [0.4, 0.5) is 0 Å². The average molecular weight is 850 g/mol. The number of hydrogen-bond donors (Lipinski definition) is 3. The summed E-state index contributed by atoms with van der Waals surface area (Å²) < 4.78 is 0. The molecule has 1 amide bonds. The van der Waals surface area contributed by atoms with Crippen molar-refractivity contribution in [3.63, 3.8) is 0 Å². The highest BCUT2D eigenvalue weighted by Gasteiger charge is 2.20. The maximum Gasteiger partial charge on any atom is 0.220 e. The number of rotatable bonds is 48. The molecule has 0 saturated heterocycles. The van der Waals surface area contributed by atoms with Gasteiger partial charge in [0.05, 0.1) is 18.8 Å². The van der Waals surface area contributed by atoms with Gasteiger partial charge in [-0.25, -0.2) is 0 Å². The van der Waals surface area contributed by atoms with Crippen LogP contribution in [0, 0.1) is 0 Å². The van der Waals surface area contributed by atoms with E-state index in [1.54, 1.807) is 0 Å². The van der Waals surface area contributed by atoms with E-state index in [1.807, 2.05) is 0 Å². The maximum atomic E-state index is 12.5. The van der Waals surface area contributed by atoms with Crippen LogP contribution in [0.1, 0.15) is 264 Å². The van der Waals surface area contributed by atoms with E-state index < -0.39 is 12.1 Å². The monoisotopic (exact) mass is 850 g/mol. The van der Waals surface area contributed by atoms with Crippen LogP contribution in [-0.4, -0.2) is 34.9 Å². The largest absolute Gasteiger partial charge is 0.394 e. The molecule has 0 aliphatic carbocycles. The molecule has 4 heteroatoms. The second kappa shape index (κ2) is 52.2. The molecule has 0 aliphatic heterocycles. The van der Waals surface area contributed by atoms with Gasteiger partial charge in [0, 0.05) is 6.42 Å². The highest BCUT2D eigenvalue weighted by atomic mass is 16.3. The molecule has 61 heavy (non-hydrogen) atoms. The summed E-state index contributed by atoms with van der Waals surface area (Å²) in [4.78, 5) is 12.5. The Morgan fingerprint density at radius 1 is 0.410 bits per heavy atom. The van der Waals surface area contributed by atoms with Gasteiger partial charge in [0.1, 0.15) is 0 Å². The van der Waals surface area contributed by atoms with Gasteiger partial charge in [-0.05, 0) is 64.2 Å². The number of nitrogens with one attached hydrogen (secondary N) is 1. The molecule has 0 aromatic rings. The van der Waals surface area contributed by atoms with E-state index in [1.165, 1.54) is 154 Å². The van der Waals surface area contributed by atoms with Crippen molar-refractivity contribution in [2.24, 2.45) is 0 Å². The summed E-state index contributed by atoms with van der Waals surface area (Å²) in [6.07, 6.45) is 74.4. The number of amides is 1. The third-order valence-corrected chi connectivity index (χ3v) is 12.0. The van der Waals surface area contributed by atoms with Crippen LogP contribution in [0.15, 0.2) is 72.9 Å². The molecular weight excluding hydrogens is 747 g/mol. The summed E-state index contributed by atoms with van der Waals surface area (Å²) in [7, 11) is 0. The number of aliphatic hydroxyl groups is 2. The average Bonchev–Trinajstić information content (AvgIpc) is 3.26. The standard InChI is InChI=1S/C57H103NO3/c1-3-5-7-9-11-13-15-17-19-21-23-25-27-28-29-31-32-34-36-38-40-42-44-46-48-50-52-56(60)55(54-59)58-57(61)53-51-49-47-45-43-41-39-37-35-33-30-26-24-22-20-18-16-14-12-10-8-6-4-2/h6,8,12,14,18,20,24,26,33,35,39,41,55-56,59-60H,3-5,7,9-11,13,15-17,19,21-23,25,27-32,34,36-38,40,42-54H2,1-2H3,(H,58,61)/b8-6-,14-12-,20-18-,26-24-,35-33-,41-39-. The van der Waals surface area contributed by atoms with E-state index in [0.29, 0.717) is 12.8 Å². The number of aliphatic hydroxyl groups excluding tert-OH is 2. The van der Waals surface area contributed by atoms with Crippen LogP contribution < -0.4 is 5.32 Å². The van der Waals surface area contributed by atoms with Crippen molar-refractivity contribution in [1.82, 2.24) is 5.32 Å². The molecule has 0 bridgehead atoms. The zero-order valence-corrected chi connectivity index (χ0v) is 40.7. The van der Waals surface area contributed by atoms with Gasteiger partial charge in [0.25, 0.3) is 0 Å². The second-order valence-electron chi connectivity index (χ2n) is 17.9. The summed E-state index contributed by atoms with van der Waals surface area (Å²) in [6, 6.07) is -0.556. The van der Waals surface area contributed by atoms with E-state index >= 15 is 0 Å². The van der Waals surface area contributed by atoms with Crippen molar-refractivity contribution < 1.29 is 15.0 Å². The van der Waals surface area contributed by atoms with Crippen LogP contribution >= 0.6 is 0 Å². The predicted molar refractivity (Wildman–Crippen MR) is 271 cm³/mol. The zero-order valence-electron chi connectivity index (χ0n) is 40.7. The lowest BCUT2D eigenvalue weighted by atomic mass is 10.0. The van der Waals surface area contributed by atoms with Crippen molar-refractivity contribution in [2.75, 3.05) is 6.61 Å². The van der Waals surface area contributed by atoms with Gasteiger partial charge in [-0.2, -0.15) is 0 Å². The molecule has 4 nitrogen and oxygen atoms in total. The quantitative estimate of drug-likeness (QED) is 0.0422. The Bertz CT molecular complexity index is 1050. The summed E-state index contributed by atoms with van der Waals surface area (Å²) >= 11 is 0. The van der Waals surface area contributed by atoms with Gasteiger partial charge in [0.15, 0.2) is 0 Å². The molecule has 2 atom stereocenters. The number of carbonyl (C=O) groups is 1. The normalized spacial score (nSPS) is 13.4. The third kappa shape index (κ3) is 48.7. The fourth-order valence-corrected chi connectivity index (χ4v) is 7.95. The van der Waals surface area contributed by atoms with Gasteiger partial charge < -0.3 is 15.5 Å². The fourth-order valence-electron chi connectivity index (χ4n) is 7.95. The van der Waals surface area contributed by atoms with Crippen molar-refractivity contribution in [3.05, 3.63) is 72.9 Å². The van der Waals surface area contributed by atoms with E-state index in [4.69, 9.17) is 0 Å². The first kappa shape index (κ1) is 58.8. The first-order valence-corrected chi connectivity index (χ1v) is 26.6. The molecule has 0 saturated carbocycles. The number of allylic oxidation sites excluding steroid dienone is 12. The van der Waals surface area contributed by atoms with E-state index in [9.17, 15) is 15.0 Å². The lowest BCUT2D eigenvalue weighted by Gasteiger charge is -2.22. The molecule has 3 N–H and O–H groups in total. The topological polar surface area (TPSA) is 69.6 Å². The highest BCUT2D eigenvalue weighted by molar-refractivity contribution is 5.76. The van der Waals surface area contributed by atoms with Gasteiger partial charge >= 0.3 is 0 Å². The van der Waals surface area contributed by atoms with E-state index in [-0.39, 0.29) is 12.5 Å². The van der Waals surface area contributed by atoms with Crippen molar-refractivity contribution in [2.45, 2.75) is 276 Å². The number of carbonyl (C=O) groups excluding carboxylic acids is 1. The molecule has 0 radical (unpaired) electrons. The molecule has 0 aliphatic rings. The first-order valence-electron chi connectivity index (χ1n) is 26.6. The second-order valence-corrected chi connectivity index (χ2v) is 17.9. The molecule has 0 fully saturated rings. The van der Waals surface area contributed by atoms with Crippen LogP contribution in [0.2, 0.25) is 0 Å². The molecule has 0 spiro atoms. The van der Waals surface area contributed by atoms with Gasteiger partial charge in [-0.15, -0.1) is 0 Å². The minimum atomic E-state index is -0.676. The number of hydrogen-bond acceptors (Lipinski definition) is 3. The summed E-state index contributed by atoms with van der Waals surface area (Å²) in [5.74, 6) is -0.0555. The Balaban J connectivity index is 3.54. The van der Waals surface area contributed by atoms with Crippen LogP contribution in [0.25, 0.3) is 0 Å². The van der Waals surface area contributed by atoms with Gasteiger partial charge in [-0.3, -0.25) is 4.79 Å². The first-order chi connectivity index (χ1) is 30.2. The van der Waals surface area contributed by atoms with Crippen molar-refractivity contribution in [3.8, 4) is 0 Å². The Morgan fingerprint density at radius 3 is 1.08 bits per heavy atom. The summed E-state index contributed by atoms with van der Waals surface area (Å²) in [6.45, 7) is 4.25. The molecule has 0 heterocycles. The van der Waals surface area contributed by atoms with Crippen LogP contribution in [0.3, 0.4) is 0 Å². The lowest BCUT2D eigenvalue weighted by Crippen LogP contribution is -2.45. The highest BCUT2D eigenvalue weighted by Crippen LogP contribution is 2.17. The minimum absolute atomic E-state index is 0.0555. The summed E-state index contributed by atoms with van der Waals surface area (Å²) in [5.41, 5.74) is 0. The molecule has 354 valence electrons. The molecule has 0 aromatic heterocycles. The van der Waals surface area contributed by atoms with E-state index in [0.717, 1.165) is 83.5 Å². The lowest BCUT2D eigenvalue weighted by molar-refractivity contribution is -0.123. The van der Waals surface area contributed by atoms with Gasteiger partial charge in [0.2, 0.25) is 5.91 Å². The smallest absolute Gasteiger partial charge is 0.220 e. The molecule has 2 unspecified atom stereocenters. The molecule has 0 aromatic carbocycles. The predicted octanol–water partition coefficient (Wildman–Crippen LogP) is 17.4. The zero-order chi connectivity index (χ0) is 44.2. The number of unbranched alkanes of at least 4 members (excludes halogenated alkanes) is 29.